The van der Waals surface area contributed by atoms with E-state index in [-0.39, 0.29) is 11.8 Å². The third-order valence-corrected chi connectivity index (χ3v) is 6.10. The smallest absolute Gasteiger partial charge is 0.223 e. The van der Waals surface area contributed by atoms with Crippen LogP contribution in [0.15, 0.2) is 42.1 Å². The van der Waals surface area contributed by atoms with Crippen molar-refractivity contribution >= 4 is 22.4 Å². The number of piperidine rings is 1. The number of carbonyl (C=O) groups excluding carboxylic acids is 1. The van der Waals surface area contributed by atoms with Crippen molar-refractivity contribution in [1.29, 1.82) is 0 Å². The molecule has 1 aliphatic carbocycles. The number of thiazole rings is 1. The van der Waals surface area contributed by atoms with E-state index >= 15 is 0 Å². The molecule has 1 N–H and O–H groups in total. The molecule has 0 bridgehead atoms. The van der Waals surface area contributed by atoms with E-state index in [9.17, 15) is 4.79 Å². The molecule has 0 aromatic carbocycles. The minimum absolute atomic E-state index is 0.166. The topological polar surface area (TPSA) is 58.1 Å². The van der Waals surface area contributed by atoms with Crippen LogP contribution in [0.4, 0.5) is 5.13 Å². The Bertz CT molecular complexity index is 765. The Labute approximate surface area is 158 Å². The summed E-state index contributed by atoms with van der Waals surface area (Å²) in [7, 11) is 0. The van der Waals surface area contributed by atoms with Gasteiger partial charge in [0.25, 0.3) is 0 Å². The summed E-state index contributed by atoms with van der Waals surface area (Å²) in [5, 5.41) is 6.42. The van der Waals surface area contributed by atoms with Crippen molar-refractivity contribution in [2.24, 2.45) is 5.92 Å². The van der Waals surface area contributed by atoms with Crippen LogP contribution in [0.5, 0.6) is 0 Å². The Morgan fingerprint density at radius 2 is 2.12 bits per heavy atom. The van der Waals surface area contributed by atoms with Crippen molar-refractivity contribution in [1.82, 2.24) is 15.3 Å². The van der Waals surface area contributed by atoms with Crippen LogP contribution in [-0.2, 0) is 4.79 Å². The standard InChI is InChI=1S/C20H24N4OS/c25-19(15-5-2-1-3-6-15)22-17-8-11-24(12-9-17)20-23-18(14-26-20)16-7-4-10-21-13-16/h1-2,4,7,10,13-15,17H,3,5-6,8-9,11-12H2,(H,22,25)/t15-/m0/s1. The summed E-state index contributed by atoms with van der Waals surface area (Å²) in [4.78, 5) is 23.7. The molecule has 5 nitrogen and oxygen atoms in total. The molecule has 3 heterocycles. The summed E-state index contributed by atoms with van der Waals surface area (Å²) in [6.07, 6.45) is 12.8. The van der Waals surface area contributed by atoms with Gasteiger partial charge in [-0.05, 0) is 44.2 Å². The first-order valence-electron chi connectivity index (χ1n) is 9.36. The van der Waals surface area contributed by atoms with Crippen LogP contribution in [0.3, 0.4) is 0 Å². The van der Waals surface area contributed by atoms with Gasteiger partial charge in [-0.1, -0.05) is 12.2 Å². The molecule has 26 heavy (non-hydrogen) atoms. The number of nitrogens with zero attached hydrogens (tertiary/aromatic N) is 3. The van der Waals surface area contributed by atoms with Gasteiger partial charge in [0.1, 0.15) is 0 Å². The van der Waals surface area contributed by atoms with Gasteiger partial charge in [0.05, 0.1) is 5.69 Å². The molecule has 0 spiro atoms. The first-order valence-corrected chi connectivity index (χ1v) is 10.2. The Hall–Kier alpha value is -2.21. The molecule has 4 rings (SSSR count). The number of rotatable bonds is 4. The van der Waals surface area contributed by atoms with Crippen molar-refractivity contribution in [3.05, 3.63) is 42.1 Å². The highest BCUT2D eigenvalue weighted by molar-refractivity contribution is 7.14. The number of anilines is 1. The first-order chi connectivity index (χ1) is 12.8. The second kappa shape index (κ2) is 7.99. The minimum Gasteiger partial charge on any atom is -0.353 e. The second-order valence-corrected chi connectivity index (χ2v) is 7.84. The van der Waals surface area contributed by atoms with Crippen molar-refractivity contribution in [3.8, 4) is 11.3 Å². The Morgan fingerprint density at radius 1 is 1.23 bits per heavy atom. The maximum atomic E-state index is 12.4. The average molecular weight is 369 g/mol. The fraction of sp³-hybridized carbons (Fsp3) is 0.450. The van der Waals surface area contributed by atoms with Gasteiger partial charge in [-0.2, -0.15) is 0 Å². The van der Waals surface area contributed by atoms with Crippen LogP contribution in [0.25, 0.3) is 11.3 Å². The predicted molar refractivity (Wildman–Crippen MR) is 105 cm³/mol. The Morgan fingerprint density at radius 3 is 2.85 bits per heavy atom. The predicted octanol–water partition coefficient (Wildman–Crippen LogP) is 3.65. The highest BCUT2D eigenvalue weighted by Gasteiger charge is 2.25. The quantitative estimate of drug-likeness (QED) is 0.837. The van der Waals surface area contributed by atoms with Crippen LogP contribution in [-0.4, -0.2) is 35.0 Å². The summed E-state index contributed by atoms with van der Waals surface area (Å²) < 4.78 is 0. The number of nitrogens with one attached hydrogen (secondary N) is 1. The highest BCUT2D eigenvalue weighted by Crippen LogP contribution is 2.29. The zero-order valence-electron chi connectivity index (χ0n) is 14.8. The van der Waals surface area contributed by atoms with Crippen molar-refractivity contribution in [3.63, 3.8) is 0 Å². The lowest BCUT2D eigenvalue weighted by Gasteiger charge is -2.33. The normalized spacial score (nSPS) is 20.9. The molecular weight excluding hydrogens is 344 g/mol. The summed E-state index contributed by atoms with van der Waals surface area (Å²) in [5.74, 6) is 0.403. The largest absolute Gasteiger partial charge is 0.353 e. The molecule has 0 unspecified atom stereocenters. The van der Waals surface area contributed by atoms with Gasteiger partial charge in [-0.15, -0.1) is 11.3 Å². The number of carbonyl (C=O) groups is 1. The SMILES string of the molecule is O=C(NC1CCN(c2nc(-c3cccnc3)cs2)CC1)[C@H]1CC=CCC1. The van der Waals surface area contributed by atoms with Crippen molar-refractivity contribution in [2.75, 3.05) is 18.0 Å². The van der Waals surface area contributed by atoms with Gasteiger partial charge in [-0.3, -0.25) is 9.78 Å². The van der Waals surface area contributed by atoms with E-state index in [1.807, 2.05) is 18.3 Å². The number of pyridine rings is 1. The number of hydrogen-bond acceptors (Lipinski definition) is 5. The highest BCUT2D eigenvalue weighted by atomic mass is 32.1. The molecule has 1 aliphatic heterocycles. The van der Waals surface area contributed by atoms with Crippen LogP contribution in [0, 0.1) is 5.92 Å². The second-order valence-electron chi connectivity index (χ2n) is 7.01. The lowest BCUT2D eigenvalue weighted by molar-refractivity contribution is -0.126. The van der Waals surface area contributed by atoms with E-state index in [2.05, 4.69) is 32.7 Å². The number of amides is 1. The van der Waals surface area contributed by atoms with Gasteiger partial charge in [0.2, 0.25) is 5.91 Å². The van der Waals surface area contributed by atoms with Gasteiger partial charge >= 0.3 is 0 Å². The molecule has 0 saturated carbocycles. The third kappa shape index (κ3) is 3.96. The summed E-state index contributed by atoms with van der Waals surface area (Å²) in [6.45, 7) is 1.88. The average Bonchev–Trinajstić information content (AvgIpc) is 3.20. The zero-order chi connectivity index (χ0) is 17.8. The Kier molecular flexibility index (Phi) is 5.29. The molecular formula is C20H24N4OS. The maximum absolute atomic E-state index is 12.4. The molecule has 2 aromatic rings. The summed E-state index contributed by atoms with van der Waals surface area (Å²) >= 11 is 1.68. The summed E-state index contributed by atoms with van der Waals surface area (Å²) in [5.41, 5.74) is 2.04. The van der Waals surface area contributed by atoms with E-state index in [0.29, 0.717) is 6.04 Å². The number of allylic oxidation sites excluding steroid dienone is 2. The number of hydrogen-bond donors (Lipinski definition) is 1. The first kappa shape index (κ1) is 17.2. The van der Waals surface area contributed by atoms with Gasteiger partial charge in [-0.25, -0.2) is 4.98 Å². The lowest BCUT2D eigenvalue weighted by Crippen LogP contribution is -2.46. The van der Waals surface area contributed by atoms with Crippen LogP contribution >= 0.6 is 11.3 Å². The Balaban J connectivity index is 1.30. The number of aromatic nitrogens is 2. The lowest BCUT2D eigenvalue weighted by atomic mass is 9.93. The van der Waals surface area contributed by atoms with Crippen LogP contribution in [0.1, 0.15) is 32.1 Å². The molecule has 136 valence electrons. The molecule has 2 aliphatic rings. The van der Waals surface area contributed by atoms with Gasteiger partial charge in [0, 0.05) is 48.4 Å². The van der Waals surface area contributed by atoms with E-state index in [4.69, 9.17) is 4.98 Å². The monoisotopic (exact) mass is 368 g/mol. The molecule has 1 saturated heterocycles. The molecule has 1 atom stereocenters. The van der Waals surface area contributed by atoms with E-state index in [1.54, 1.807) is 17.5 Å². The molecule has 6 heteroatoms. The van der Waals surface area contributed by atoms with Crippen molar-refractivity contribution in [2.45, 2.75) is 38.1 Å². The van der Waals surface area contributed by atoms with E-state index < -0.39 is 0 Å². The van der Waals surface area contributed by atoms with Crippen molar-refractivity contribution < 1.29 is 4.79 Å². The van der Waals surface area contributed by atoms with Crippen LogP contribution < -0.4 is 10.2 Å². The summed E-state index contributed by atoms with van der Waals surface area (Å²) in [6, 6.07) is 4.26. The fourth-order valence-corrected chi connectivity index (χ4v) is 4.51. The molecule has 1 fully saturated rings. The minimum atomic E-state index is 0.166. The fourth-order valence-electron chi connectivity index (χ4n) is 3.62. The third-order valence-electron chi connectivity index (χ3n) is 5.20. The van der Waals surface area contributed by atoms with Crippen LogP contribution in [0.2, 0.25) is 0 Å². The zero-order valence-corrected chi connectivity index (χ0v) is 15.6. The van der Waals surface area contributed by atoms with E-state index in [1.165, 1.54) is 0 Å². The van der Waals surface area contributed by atoms with Gasteiger partial charge < -0.3 is 10.2 Å². The molecule has 2 aromatic heterocycles. The van der Waals surface area contributed by atoms with Gasteiger partial charge in [0.15, 0.2) is 5.13 Å². The van der Waals surface area contributed by atoms with E-state index in [0.717, 1.165) is 61.6 Å². The maximum Gasteiger partial charge on any atom is 0.223 e. The molecule has 1 amide bonds. The molecule has 0 radical (unpaired) electrons.